The molecule has 1 aliphatic rings. The first-order valence-corrected chi connectivity index (χ1v) is 8.95. The van der Waals surface area contributed by atoms with E-state index in [1.807, 2.05) is 24.0 Å². The number of aromatic nitrogens is 1. The summed E-state index contributed by atoms with van der Waals surface area (Å²) < 4.78 is 1.57. The Morgan fingerprint density at radius 1 is 1.15 bits per heavy atom. The summed E-state index contributed by atoms with van der Waals surface area (Å²) in [5.41, 5.74) is 2.19. The van der Waals surface area contributed by atoms with Crippen LogP contribution in [0.15, 0.2) is 36.4 Å². The molecule has 144 valence electrons. The first-order valence-electron chi connectivity index (χ1n) is 8.95. The van der Waals surface area contributed by atoms with Crippen LogP contribution >= 0.6 is 0 Å². The van der Waals surface area contributed by atoms with Gasteiger partial charge in [0.25, 0.3) is 0 Å². The van der Waals surface area contributed by atoms with Gasteiger partial charge in [-0.25, -0.2) is 4.79 Å². The molecule has 1 aliphatic heterocycles. The molecule has 0 saturated carbocycles. The smallest absolute Gasteiger partial charge is 0.352 e. The van der Waals surface area contributed by atoms with Gasteiger partial charge in [0.2, 0.25) is 0 Å². The van der Waals surface area contributed by atoms with Gasteiger partial charge < -0.3 is 14.8 Å². The molecule has 7 nitrogen and oxygen atoms in total. The van der Waals surface area contributed by atoms with Crippen LogP contribution < -0.4 is 0 Å². The lowest BCUT2D eigenvalue weighted by atomic mass is 10.00. The van der Waals surface area contributed by atoms with Crippen molar-refractivity contribution >= 4 is 22.8 Å². The minimum Gasteiger partial charge on any atom is -0.480 e. The first-order chi connectivity index (χ1) is 12.8. The van der Waals surface area contributed by atoms with Gasteiger partial charge in [-0.2, -0.15) is 0 Å². The van der Waals surface area contributed by atoms with Gasteiger partial charge in [-0.1, -0.05) is 30.4 Å². The third-order valence-electron chi connectivity index (χ3n) is 5.12. The van der Waals surface area contributed by atoms with Gasteiger partial charge in [-0.3, -0.25) is 14.6 Å². The molecule has 0 radical (unpaired) electrons. The molecule has 7 heteroatoms. The largest absolute Gasteiger partial charge is 0.480 e. The highest BCUT2D eigenvalue weighted by Crippen LogP contribution is 2.34. The van der Waals surface area contributed by atoms with Crippen molar-refractivity contribution < 1.29 is 19.8 Å². The van der Waals surface area contributed by atoms with E-state index in [0.717, 1.165) is 30.7 Å². The Morgan fingerprint density at radius 3 is 2.33 bits per heavy atom. The average Bonchev–Trinajstić information content (AvgIpc) is 2.89. The molecule has 2 heterocycles. The molecule has 1 saturated heterocycles. The van der Waals surface area contributed by atoms with E-state index in [-0.39, 0.29) is 5.69 Å². The summed E-state index contributed by atoms with van der Waals surface area (Å²) in [6, 6.07) is 6.25. The van der Waals surface area contributed by atoms with Crippen molar-refractivity contribution in [3.05, 3.63) is 47.7 Å². The number of benzene rings is 1. The minimum absolute atomic E-state index is 0.0352. The number of hydrogen-bond donors (Lipinski definition) is 2. The van der Waals surface area contributed by atoms with E-state index in [0.29, 0.717) is 24.0 Å². The summed E-state index contributed by atoms with van der Waals surface area (Å²) in [6.45, 7) is 9.27. The fourth-order valence-electron chi connectivity index (χ4n) is 3.98. The van der Waals surface area contributed by atoms with E-state index in [1.165, 1.54) is 0 Å². The summed E-state index contributed by atoms with van der Waals surface area (Å²) in [5.74, 6) is -2.14. The Labute approximate surface area is 158 Å². The van der Waals surface area contributed by atoms with E-state index in [9.17, 15) is 19.8 Å². The van der Waals surface area contributed by atoms with Gasteiger partial charge in [-0.15, -0.1) is 0 Å². The Balaban J connectivity index is 2.02. The second-order valence-corrected chi connectivity index (χ2v) is 7.15. The Morgan fingerprint density at radius 2 is 1.78 bits per heavy atom. The molecule has 1 atom stereocenters. The molecule has 1 aromatic heterocycles. The molecule has 0 bridgehead atoms. The Kier molecular flexibility index (Phi) is 5.34. The van der Waals surface area contributed by atoms with Crippen molar-refractivity contribution in [3.8, 4) is 0 Å². The van der Waals surface area contributed by atoms with Crippen LogP contribution in [0, 0.1) is 0 Å². The number of carboxylic acid groups (broad SMARTS) is 2. The number of nitrogens with zero attached hydrogens (tertiary/aromatic N) is 3. The van der Waals surface area contributed by atoms with Gasteiger partial charge in [0, 0.05) is 56.2 Å². The molecule has 0 spiro atoms. The third-order valence-corrected chi connectivity index (χ3v) is 5.12. The summed E-state index contributed by atoms with van der Waals surface area (Å²) in [7, 11) is 1.67. The van der Waals surface area contributed by atoms with E-state index in [4.69, 9.17) is 0 Å². The monoisotopic (exact) mass is 371 g/mol. The highest BCUT2D eigenvalue weighted by Gasteiger charge is 2.36. The highest BCUT2D eigenvalue weighted by molar-refractivity contribution is 6.01. The second-order valence-electron chi connectivity index (χ2n) is 7.15. The number of piperazine rings is 1. The maximum absolute atomic E-state index is 12.2. The number of rotatable bonds is 6. The molecule has 3 rings (SSSR count). The Hall–Kier alpha value is -2.64. The number of hydrogen-bond acceptors (Lipinski definition) is 4. The molecule has 1 aromatic carbocycles. The van der Waals surface area contributed by atoms with Gasteiger partial charge in [0.15, 0.2) is 0 Å². The van der Waals surface area contributed by atoms with E-state index in [2.05, 4.69) is 11.5 Å². The lowest BCUT2D eigenvalue weighted by Crippen LogP contribution is -2.49. The molecular formula is C20H25N3O4. The van der Waals surface area contributed by atoms with Gasteiger partial charge in [-0.05, 0) is 13.0 Å². The zero-order valence-electron chi connectivity index (χ0n) is 15.7. The van der Waals surface area contributed by atoms with E-state index in [1.54, 1.807) is 23.7 Å². The van der Waals surface area contributed by atoms with Crippen LogP contribution in [0.3, 0.4) is 0 Å². The number of carbonyl (C=O) groups is 2. The van der Waals surface area contributed by atoms with Crippen LogP contribution in [-0.4, -0.2) is 69.2 Å². The van der Waals surface area contributed by atoms with Crippen LogP contribution in [0.4, 0.5) is 0 Å². The maximum atomic E-state index is 12.2. The average molecular weight is 371 g/mol. The summed E-state index contributed by atoms with van der Waals surface area (Å²) in [5, 5.41) is 20.4. The second kappa shape index (κ2) is 7.54. The van der Waals surface area contributed by atoms with Crippen LogP contribution in [-0.2, 0) is 11.8 Å². The number of fused-ring (bicyclic) bond motifs is 1. The molecule has 2 N–H and O–H groups in total. The van der Waals surface area contributed by atoms with Crippen molar-refractivity contribution in [2.45, 2.75) is 13.0 Å². The zero-order chi connectivity index (χ0) is 19.7. The SMILES string of the molecule is C=C(C)CN1CCN(C(C(=O)O)c2c(C(=O)O)n(C)c3ccccc23)CC1. The fraction of sp³-hybridized carbons (Fsp3) is 0.400. The fourth-order valence-corrected chi connectivity index (χ4v) is 3.98. The Bertz CT molecular complexity index is 894. The standard InChI is InChI=1S/C20H25N3O4/c1-13(2)12-22-8-10-23(11-9-22)18(20(26)27)16-14-6-4-5-7-15(14)21(3)17(16)19(24)25/h4-7,18H,1,8-12H2,2-3H3,(H,24,25)(H,26,27). The normalized spacial score (nSPS) is 17.1. The van der Waals surface area contributed by atoms with Crippen molar-refractivity contribution in [1.82, 2.24) is 14.4 Å². The van der Waals surface area contributed by atoms with E-state index >= 15 is 0 Å². The van der Waals surface area contributed by atoms with Gasteiger partial charge in [0.1, 0.15) is 11.7 Å². The quantitative estimate of drug-likeness (QED) is 0.757. The number of carboxylic acids is 2. The number of aromatic carboxylic acids is 1. The first kappa shape index (κ1) is 19.1. The van der Waals surface area contributed by atoms with Gasteiger partial charge in [0.05, 0.1) is 0 Å². The zero-order valence-corrected chi connectivity index (χ0v) is 15.7. The van der Waals surface area contributed by atoms with Crippen molar-refractivity contribution in [3.63, 3.8) is 0 Å². The predicted octanol–water partition coefficient (Wildman–Crippen LogP) is 2.20. The summed E-state index contributed by atoms with van der Waals surface area (Å²) >= 11 is 0. The molecule has 27 heavy (non-hydrogen) atoms. The summed E-state index contributed by atoms with van der Waals surface area (Å²) in [6.07, 6.45) is 0. The molecule has 2 aromatic rings. The minimum atomic E-state index is -1.11. The van der Waals surface area contributed by atoms with Crippen molar-refractivity contribution in [2.75, 3.05) is 32.7 Å². The van der Waals surface area contributed by atoms with Crippen molar-refractivity contribution in [2.24, 2.45) is 7.05 Å². The molecule has 0 amide bonds. The third kappa shape index (κ3) is 3.61. The molecule has 0 aliphatic carbocycles. The van der Waals surface area contributed by atoms with Crippen molar-refractivity contribution in [1.29, 1.82) is 0 Å². The highest BCUT2D eigenvalue weighted by atomic mass is 16.4. The molecule has 1 fully saturated rings. The molecular weight excluding hydrogens is 346 g/mol. The van der Waals surface area contributed by atoms with Crippen LogP contribution in [0.5, 0.6) is 0 Å². The molecule has 1 unspecified atom stereocenters. The lowest BCUT2D eigenvalue weighted by molar-refractivity contribution is -0.144. The number of aryl methyl sites for hydroxylation is 1. The van der Waals surface area contributed by atoms with Crippen LogP contribution in [0.2, 0.25) is 0 Å². The topological polar surface area (TPSA) is 86.0 Å². The van der Waals surface area contributed by atoms with Crippen LogP contribution in [0.25, 0.3) is 10.9 Å². The maximum Gasteiger partial charge on any atom is 0.352 e. The van der Waals surface area contributed by atoms with Crippen LogP contribution in [0.1, 0.15) is 29.0 Å². The van der Waals surface area contributed by atoms with Gasteiger partial charge >= 0.3 is 11.9 Å². The van der Waals surface area contributed by atoms with E-state index < -0.39 is 18.0 Å². The predicted molar refractivity (Wildman–Crippen MR) is 103 cm³/mol. The number of aliphatic carboxylic acids is 1. The summed E-state index contributed by atoms with van der Waals surface area (Å²) in [4.78, 5) is 28.3. The lowest BCUT2D eigenvalue weighted by Gasteiger charge is -2.38. The number of para-hydroxylation sites is 1.